The van der Waals surface area contributed by atoms with Crippen molar-refractivity contribution in [3.05, 3.63) is 0 Å². The van der Waals surface area contributed by atoms with E-state index in [-0.39, 0.29) is 6.10 Å². The highest BCUT2D eigenvalue weighted by Crippen LogP contribution is 2.21. The maximum Gasteiger partial charge on any atom is 0.0576 e. The lowest BCUT2D eigenvalue weighted by atomic mass is 9.93. The van der Waals surface area contributed by atoms with Crippen molar-refractivity contribution in [1.82, 2.24) is 0 Å². The molecule has 0 spiro atoms. The van der Waals surface area contributed by atoms with Crippen LogP contribution in [0.1, 0.15) is 65.2 Å². The quantitative estimate of drug-likeness (QED) is 0.722. The van der Waals surface area contributed by atoms with E-state index in [0.29, 0.717) is 12.0 Å². The van der Waals surface area contributed by atoms with Gasteiger partial charge in [0.15, 0.2) is 0 Å². The zero-order valence-electron chi connectivity index (χ0n) is 11.0. The molecule has 2 heteroatoms. The maximum absolute atomic E-state index is 9.96. The Hall–Kier alpha value is -0.0800. The van der Waals surface area contributed by atoms with Gasteiger partial charge in [-0.15, -0.1) is 0 Å². The van der Waals surface area contributed by atoms with Gasteiger partial charge in [0.2, 0.25) is 0 Å². The Balaban J connectivity index is 2.10. The summed E-state index contributed by atoms with van der Waals surface area (Å²) in [6.07, 6.45) is 9.32. The summed E-state index contributed by atoms with van der Waals surface area (Å²) in [6.45, 7) is 5.35. The minimum absolute atomic E-state index is 0.115. The van der Waals surface area contributed by atoms with Crippen molar-refractivity contribution in [2.24, 2.45) is 5.92 Å². The summed E-state index contributed by atoms with van der Waals surface area (Å²) in [4.78, 5) is 0. The number of rotatable bonds is 7. The van der Waals surface area contributed by atoms with Crippen LogP contribution in [0.15, 0.2) is 0 Å². The van der Waals surface area contributed by atoms with E-state index in [1.165, 1.54) is 32.1 Å². The molecule has 0 aromatic rings. The zero-order valence-corrected chi connectivity index (χ0v) is 11.0. The Bertz CT molecular complexity index is 160. The molecular weight excluding hydrogens is 200 g/mol. The lowest BCUT2D eigenvalue weighted by Crippen LogP contribution is -2.22. The second kappa shape index (κ2) is 8.08. The van der Waals surface area contributed by atoms with Gasteiger partial charge < -0.3 is 9.84 Å². The Labute approximate surface area is 100 Å². The smallest absolute Gasteiger partial charge is 0.0576 e. The average Bonchev–Trinajstić information content (AvgIpc) is 2.34. The van der Waals surface area contributed by atoms with Crippen LogP contribution in [0.25, 0.3) is 0 Å². The molecule has 1 N–H and O–H groups in total. The molecule has 0 bridgehead atoms. The van der Waals surface area contributed by atoms with E-state index in [2.05, 4.69) is 13.8 Å². The molecule has 96 valence electrons. The summed E-state index contributed by atoms with van der Waals surface area (Å²) >= 11 is 0. The highest BCUT2D eigenvalue weighted by atomic mass is 16.5. The van der Waals surface area contributed by atoms with Crippen LogP contribution in [0.5, 0.6) is 0 Å². The third-order valence-corrected chi connectivity index (χ3v) is 3.86. The Morgan fingerprint density at radius 1 is 1.25 bits per heavy atom. The van der Waals surface area contributed by atoms with Gasteiger partial charge in [0.1, 0.15) is 0 Å². The van der Waals surface area contributed by atoms with Gasteiger partial charge in [-0.2, -0.15) is 0 Å². The van der Waals surface area contributed by atoms with Crippen LogP contribution in [0.4, 0.5) is 0 Å². The van der Waals surface area contributed by atoms with Crippen LogP contribution in [0.2, 0.25) is 0 Å². The minimum atomic E-state index is -0.115. The van der Waals surface area contributed by atoms with Gasteiger partial charge in [0.05, 0.1) is 12.2 Å². The number of aliphatic hydroxyl groups excluding tert-OH is 1. The van der Waals surface area contributed by atoms with E-state index in [1.807, 2.05) is 0 Å². The minimum Gasteiger partial charge on any atom is -0.393 e. The summed E-state index contributed by atoms with van der Waals surface area (Å²) in [7, 11) is 0. The predicted octanol–water partition coefficient (Wildman–Crippen LogP) is 3.52. The maximum atomic E-state index is 9.96. The van der Waals surface area contributed by atoms with E-state index in [4.69, 9.17) is 4.74 Å². The number of ether oxygens (including phenoxy) is 1. The van der Waals surface area contributed by atoms with E-state index in [0.717, 1.165) is 25.9 Å². The molecule has 0 saturated carbocycles. The second-order valence-electron chi connectivity index (χ2n) is 5.14. The molecule has 0 radical (unpaired) electrons. The third kappa shape index (κ3) is 5.31. The molecule has 2 unspecified atom stereocenters. The molecule has 1 aliphatic rings. The number of hydrogen-bond acceptors (Lipinski definition) is 2. The number of hydrogen-bond donors (Lipinski definition) is 1. The van der Waals surface area contributed by atoms with Crippen molar-refractivity contribution in [2.75, 3.05) is 6.61 Å². The predicted molar refractivity (Wildman–Crippen MR) is 67.5 cm³/mol. The van der Waals surface area contributed by atoms with Crippen molar-refractivity contribution >= 4 is 0 Å². The second-order valence-corrected chi connectivity index (χ2v) is 5.14. The molecule has 2 atom stereocenters. The normalized spacial score (nSPS) is 23.6. The third-order valence-electron chi connectivity index (χ3n) is 3.86. The van der Waals surface area contributed by atoms with E-state index in [1.54, 1.807) is 0 Å². The van der Waals surface area contributed by atoms with Crippen LogP contribution < -0.4 is 0 Å². The first-order valence-corrected chi connectivity index (χ1v) is 7.05. The van der Waals surface area contributed by atoms with Crippen molar-refractivity contribution in [1.29, 1.82) is 0 Å². The first-order chi connectivity index (χ1) is 7.76. The highest BCUT2D eigenvalue weighted by molar-refractivity contribution is 4.68. The van der Waals surface area contributed by atoms with Crippen LogP contribution in [-0.2, 0) is 4.74 Å². The van der Waals surface area contributed by atoms with E-state index < -0.39 is 0 Å². The fourth-order valence-corrected chi connectivity index (χ4v) is 2.54. The molecule has 16 heavy (non-hydrogen) atoms. The van der Waals surface area contributed by atoms with Gasteiger partial charge in [-0.3, -0.25) is 0 Å². The standard InChI is InChI=1S/C14H28O2/c1-3-12(4-2)11-13(15)8-9-14-7-5-6-10-16-14/h12-15H,3-11H2,1-2H3. The Morgan fingerprint density at radius 3 is 2.56 bits per heavy atom. The average molecular weight is 228 g/mol. The topological polar surface area (TPSA) is 29.5 Å². The van der Waals surface area contributed by atoms with Gasteiger partial charge >= 0.3 is 0 Å². The summed E-state index contributed by atoms with van der Waals surface area (Å²) in [5.41, 5.74) is 0. The molecule has 0 aromatic carbocycles. The van der Waals surface area contributed by atoms with Gasteiger partial charge in [0, 0.05) is 6.61 Å². The van der Waals surface area contributed by atoms with Gasteiger partial charge in [-0.25, -0.2) is 0 Å². The first kappa shape index (κ1) is 14.0. The summed E-state index contributed by atoms with van der Waals surface area (Å²) in [5.74, 6) is 0.697. The molecule has 1 fully saturated rings. The summed E-state index contributed by atoms with van der Waals surface area (Å²) in [6, 6.07) is 0. The van der Waals surface area contributed by atoms with Gasteiger partial charge in [0.25, 0.3) is 0 Å². The Morgan fingerprint density at radius 2 is 2.00 bits per heavy atom. The van der Waals surface area contributed by atoms with Crippen molar-refractivity contribution in [2.45, 2.75) is 77.4 Å². The fraction of sp³-hybridized carbons (Fsp3) is 1.00. The van der Waals surface area contributed by atoms with Crippen molar-refractivity contribution < 1.29 is 9.84 Å². The van der Waals surface area contributed by atoms with Crippen molar-refractivity contribution in [3.8, 4) is 0 Å². The highest BCUT2D eigenvalue weighted by Gasteiger charge is 2.17. The van der Waals surface area contributed by atoms with Crippen molar-refractivity contribution in [3.63, 3.8) is 0 Å². The lowest BCUT2D eigenvalue weighted by molar-refractivity contribution is 0.000455. The molecular formula is C14H28O2. The van der Waals surface area contributed by atoms with Crippen LogP contribution in [-0.4, -0.2) is 23.9 Å². The van der Waals surface area contributed by atoms with Crippen LogP contribution in [0.3, 0.4) is 0 Å². The molecule has 0 aliphatic carbocycles. The molecule has 0 aromatic heterocycles. The number of aliphatic hydroxyl groups is 1. The largest absolute Gasteiger partial charge is 0.393 e. The Kier molecular flexibility index (Phi) is 7.06. The molecule has 1 aliphatic heterocycles. The molecule has 0 amide bonds. The SMILES string of the molecule is CCC(CC)CC(O)CCC1CCCCO1. The lowest BCUT2D eigenvalue weighted by Gasteiger charge is -2.24. The summed E-state index contributed by atoms with van der Waals surface area (Å²) < 4.78 is 5.67. The molecule has 1 saturated heterocycles. The van der Waals surface area contributed by atoms with E-state index in [9.17, 15) is 5.11 Å². The van der Waals surface area contributed by atoms with E-state index >= 15 is 0 Å². The zero-order chi connectivity index (χ0) is 11.8. The van der Waals surface area contributed by atoms with Gasteiger partial charge in [-0.05, 0) is 44.4 Å². The van der Waals surface area contributed by atoms with Crippen LogP contribution in [0, 0.1) is 5.92 Å². The monoisotopic (exact) mass is 228 g/mol. The van der Waals surface area contributed by atoms with Crippen LogP contribution >= 0.6 is 0 Å². The first-order valence-electron chi connectivity index (χ1n) is 7.05. The summed E-state index contributed by atoms with van der Waals surface area (Å²) in [5, 5.41) is 9.96. The molecule has 2 nitrogen and oxygen atoms in total. The fourth-order valence-electron chi connectivity index (χ4n) is 2.54. The molecule has 1 rings (SSSR count). The van der Waals surface area contributed by atoms with Gasteiger partial charge in [-0.1, -0.05) is 26.7 Å². The molecule has 1 heterocycles.